The Labute approximate surface area is 158 Å². The predicted molar refractivity (Wildman–Crippen MR) is 103 cm³/mol. The molecular formula is C21H21N3O3. The number of amides is 3. The average Bonchev–Trinajstić information content (AvgIpc) is 3.03. The van der Waals surface area contributed by atoms with E-state index in [1.807, 2.05) is 55.5 Å². The van der Waals surface area contributed by atoms with E-state index in [4.69, 9.17) is 4.74 Å². The summed E-state index contributed by atoms with van der Waals surface area (Å²) in [6.45, 7) is 2.38. The first-order valence-corrected chi connectivity index (χ1v) is 8.79. The van der Waals surface area contributed by atoms with Crippen molar-refractivity contribution in [1.29, 1.82) is 0 Å². The van der Waals surface area contributed by atoms with Gasteiger partial charge in [-0.2, -0.15) is 0 Å². The number of hydrogen-bond donors (Lipinski definition) is 1. The van der Waals surface area contributed by atoms with Gasteiger partial charge in [-0.3, -0.25) is 9.69 Å². The van der Waals surface area contributed by atoms with Crippen LogP contribution in [0.2, 0.25) is 0 Å². The summed E-state index contributed by atoms with van der Waals surface area (Å²) in [5, 5.41) is 2.96. The molecular weight excluding hydrogens is 342 g/mol. The molecule has 4 rings (SSSR count). The van der Waals surface area contributed by atoms with E-state index in [1.54, 1.807) is 19.1 Å². The predicted octanol–water partition coefficient (Wildman–Crippen LogP) is 3.00. The maximum atomic E-state index is 13.3. The molecule has 6 heteroatoms. The molecule has 2 aromatic carbocycles. The lowest BCUT2D eigenvalue weighted by atomic mass is 9.95. The molecule has 2 heterocycles. The number of carbonyl (C=O) groups excluding carboxylic acids is 2. The van der Waals surface area contributed by atoms with E-state index >= 15 is 0 Å². The Morgan fingerprint density at radius 2 is 1.70 bits per heavy atom. The number of ether oxygens (including phenoxy) is 1. The molecule has 0 unspecified atom stereocenters. The van der Waals surface area contributed by atoms with Crippen molar-refractivity contribution < 1.29 is 14.3 Å². The molecule has 0 bridgehead atoms. The first kappa shape index (κ1) is 17.1. The van der Waals surface area contributed by atoms with Gasteiger partial charge >= 0.3 is 6.03 Å². The summed E-state index contributed by atoms with van der Waals surface area (Å²) in [6, 6.07) is 14.6. The molecule has 0 saturated carbocycles. The number of rotatable bonds is 3. The molecule has 6 nitrogen and oxygen atoms in total. The summed E-state index contributed by atoms with van der Waals surface area (Å²) in [6.07, 6.45) is 0. The van der Waals surface area contributed by atoms with Gasteiger partial charge < -0.3 is 15.0 Å². The van der Waals surface area contributed by atoms with Gasteiger partial charge in [0.25, 0.3) is 5.91 Å². The van der Waals surface area contributed by atoms with Crippen LogP contribution in [-0.4, -0.2) is 37.5 Å². The fourth-order valence-corrected chi connectivity index (χ4v) is 3.55. The van der Waals surface area contributed by atoms with E-state index < -0.39 is 6.04 Å². The fraction of sp³-hybridized carbons (Fsp3) is 0.238. The number of aryl methyl sites for hydroxylation is 1. The largest absolute Gasteiger partial charge is 0.497 e. The third-order valence-electron chi connectivity index (χ3n) is 5.16. The summed E-state index contributed by atoms with van der Waals surface area (Å²) in [5.74, 6) is 0.641. The summed E-state index contributed by atoms with van der Waals surface area (Å²) in [4.78, 5) is 28.9. The van der Waals surface area contributed by atoms with E-state index in [0.29, 0.717) is 12.1 Å². The molecule has 0 spiro atoms. The monoisotopic (exact) mass is 363 g/mol. The van der Waals surface area contributed by atoms with Crippen molar-refractivity contribution in [3.63, 3.8) is 0 Å². The molecule has 0 radical (unpaired) electrons. The second kappa shape index (κ2) is 6.46. The number of carbonyl (C=O) groups is 2. The van der Waals surface area contributed by atoms with Gasteiger partial charge in [0.1, 0.15) is 5.75 Å². The minimum atomic E-state index is -0.444. The third kappa shape index (κ3) is 2.83. The Kier molecular flexibility index (Phi) is 4.11. The number of benzene rings is 2. The molecule has 3 amide bonds. The minimum Gasteiger partial charge on any atom is -0.497 e. The highest BCUT2D eigenvalue weighted by atomic mass is 16.5. The fourth-order valence-electron chi connectivity index (χ4n) is 3.55. The van der Waals surface area contributed by atoms with Crippen molar-refractivity contribution in [3.8, 4) is 5.75 Å². The first-order valence-electron chi connectivity index (χ1n) is 8.79. The van der Waals surface area contributed by atoms with Crippen LogP contribution in [-0.2, 0) is 4.79 Å². The van der Waals surface area contributed by atoms with Crippen LogP contribution in [0, 0.1) is 6.92 Å². The molecule has 2 aliphatic rings. The number of likely N-dealkylation sites (N-methyl/N-ethyl adjacent to an activating group) is 1. The summed E-state index contributed by atoms with van der Waals surface area (Å²) >= 11 is 0. The van der Waals surface area contributed by atoms with Crippen molar-refractivity contribution in [1.82, 2.24) is 10.2 Å². The minimum absolute atomic E-state index is 0.0902. The highest BCUT2D eigenvalue weighted by Crippen LogP contribution is 2.37. The van der Waals surface area contributed by atoms with E-state index in [1.165, 1.54) is 4.90 Å². The lowest BCUT2D eigenvalue weighted by Crippen LogP contribution is -2.45. The Morgan fingerprint density at radius 3 is 2.33 bits per heavy atom. The Balaban J connectivity index is 1.72. The lowest BCUT2D eigenvalue weighted by molar-refractivity contribution is -0.114. The van der Waals surface area contributed by atoms with E-state index in [0.717, 1.165) is 28.3 Å². The molecule has 0 saturated heterocycles. The molecule has 0 aliphatic carbocycles. The zero-order valence-electron chi connectivity index (χ0n) is 15.5. The number of nitrogens with one attached hydrogen (secondary N) is 1. The van der Waals surface area contributed by atoms with Gasteiger partial charge in [0, 0.05) is 12.7 Å². The Hall–Kier alpha value is -3.28. The van der Waals surface area contributed by atoms with Crippen LogP contribution < -0.4 is 15.0 Å². The molecule has 2 aromatic rings. The molecule has 27 heavy (non-hydrogen) atoms. The van der Waals surface area contributed by atoms with Crippen LogP contribution in [0.3, 0.4) is 0 Å². The molecule has 0 fully saturated rings. The molecule has 2 aliphatic heterocycles. The van der Waals surface area contributed by atoms with E-state index in [2.05, 4.69) is 5.32 Å². The quantitative estimate of drug-likeness (QED) is 0.912. The van der Waals surface area contributed by atoms with Crippen LogP contribution in [0.25, 0.3) is 0 Å². The number of nitrogens with zero attached hydrogens (tertiary/aromatic N) is 2. The standard InChI is InChI=1S/C21H21N3O3/c1-13-4-6-14(7-5-13)19-18-17(23(2)21(26)22-19)12-24(20(18)25)15-8-10-16(27-3)11-9-15/h4-11,19H,12H2,1-3H3,(H,22,26)/t19-/m1/s1. The van der Waals surface area contributed by atoms with Crippen LogP contribution >= 0.6 is 0 Å². The number of anilines is 1. The highest BCUT2D eigenvalue weighted by Gasteiger charge is 2.43. The second-order valence-electron chi connectivity index (χ2n) is 6.80. The van der Waals surface area contributed by atoms with Crippen molar-refractivity contribution in [3.05, 3.63) is 70.9 Å². The van der Waals surface area contributed by atoms with Crippen LogP contribution in [0.5, 0.6) is 5.75 Å². The topological polar surface area (TPSA) is 61.9 Å². The van der Waals surface area contributed by atoms with Gasteiger partial charge in [-0.05, 0) is 36.8 Å². The lowest BCUT2D eigenvalue weighted by Gasteiger charge is -2.31. The molecule has 138 valence electrons. The summed E-state index contributed by atoms with van der Waals surface area (Å²) in [7, 11) is 3.30. The number of urea groups is 1. The van der Waals surface area contributed by atoms with E-state index in [9.17, 15) is 9.59 Å². The molecule has 1 atom stereocenters. The van der Waals surface area contributed by atoms with Crippen molar-refractivity contribution in [2.24, 2.45) is 0 Å². The van der Waals surface area contributed by atoms with Gasteiger partial charge in [0.05, 0.1) is 31.0 Å². The number of methoxy groups -OCH3 is 1. The van der Waals surface area contributed by atoms with Gasteiger partial charge in [-0.25, -0.2) is 4.79 Å². The zero-order chi connectivity index (χ0) is 19.1. The SMILES string of the molecule is COc1ccc(N2CC3=C(C2=O)[C@@H](c2ccc(C)cc2)NC(=O)N3C)cc1. The van der Waals surface area contributed by atoms with Crippen molar-refractivity contribution in [2.75, 3.05) is 25.6 Å². The Morgan fingerprint density at radius 1 is 1.04 bits per heavy atom. The summed E-state index contributed by atoms with van der Waals surface area (Å²) in [5.41, 5.74) is 4.17. The van der Waals surface area contributed by atoms with Gasteiger partial charge in [-0.15, -0.1) is 0 Å². The van der Waals surface area contributed by atoms with Crippen LogP contribution in [0.15, 0.2) is 59.8 Å². The maximum Gasteiger partial charge on any atom is 0.322 e. The highest BCUT2D eigenvalue weighted by molar-refractivity contribution is 6.11. The molecule has 1 N–H and O–H groups in total. The van der Waals surface area contributed by atoms with Gasteiger partial charge in [0.15, 0.2) is 0 Å². The Bertz CT molecular complexity index is 932. The van der Waals surface area contributed by atoms with Crippen molar-refractivity contribution in [2.45, 2.75) is 13.0 Å². The van der Waals surface area contributed by atoms with Crippen LogP contribution in [0.1, 0.15) is 17.2 Å². The average molecular weight is 363 g/mol. The van der Waals surface area contributed by atoms with Crippen molar-refractivity contribution >= 4 is 17.6 Å². The second-order valence-corrected chi connectivity index (χ2v) is 6.80. The smallest absolute Gasteiger partial charge is 0.322 e. The van der Waals surface area contributed by atoms with Crippen LogP contribution in [0.4, 0.5) is 10.5 Å². The first-order chi connectivity index (χ1) is 13.0. The van der Waals surface area contributed by atoms with Gasteiger partial charge in [-0.1, -0.05) is 29.8 Å². The number of hydrogen-bond acceptors (Lipinski definition) is 3. The van der Waals surface area contributed by atoms with E-state index in [-0.39, 0.29) is 11.9 Å². The third-order valence-corrected chi connectivity index (χ3v) is 5.16. The molecule has 0 aromatic heterocycles. The van der Waals surface area contributed by atoms with Gasteiger partial charge in [0.2, 0.25) is 0 Å². The summed E-state index contributed by atoms with van der Waals surface area (Å²) < 4.78 is 5.19. The zero-order valence-corrected chi connectivity index (χ0v) is 15.5. The normalized spacial score (nSPS) is 19.3. The maximum absolute atomic E-state index is 13.3.